The maximum atomic E-state index is 11.7. The normalized spacial score (nSPS) is 19.6. The molecule has 1 aliphatic heterocycles. The van der Waals surface area contributed by atoms with Crippen molar-refractivity contribution in [1.82, 2.24) is 4.98 Å². The number of esters is 1. The van der Waals surface area contributed by atoms with Gasteiger partial charge in [0, 0.05) is 5.46 Å². The summed E-state index contributed by atoms with van der Waals surface area (Å²) in [6, 6.07) is 1.50. The second kappa shape index (κ2) is 5.16. The number of carbonyl (C=O) groups is 1. The molecule has 0 spiro atoms. The number of hydrogen-bond donors (Lipinski definition) is 1. The van der Waals surface area contributed by atoms with Gasteiger partial charge in [-0.05, 0) is 33.8 Å². The maximum Gasteiger partial charge on any atom is 0.498 e. The average molecular weight is 313 g/mol. The molecule has 114 valence electrons. The van der Waals surface area contributed by atoms with Crippen molar-refractivity contribution in [2.24, 2.45) is 0 Å². The van der Waals surface area contributed by atoms with E-state index >= 15 is 0 Å². The van der Waals surface area contributed by atoms with Crippen molar-refractivity contribution < 1.29 is 18.8 Å². The zero-order chi connectivity index (χ0) is 16.0. The van der Waals surface area contributed by atoms with Crippen molar-refractivity contribution in [3.05, 3.63) is 16.8 Å². The molecule has 0 bridgehead atoms. The van der Waals surface area contributed by atoms with E-state index < -0.39 is 24.3 Å². The van der Waals surface area contributed by atoms with Crippen molar-refractivity contribution in [2.75, 3.05) is 12.8 Å². The topological polar surface area (TPSA) is 83.7 Å². The summed E-state index contributed by atoms with van der Waals surface area (Å²) in [6.45, 7) is 7.70. The number of pyridine rings is 1. The Morgan fingerprint density at radius 2 is 1.86 bits per heavy atom. The van der Waals surface area contributed by atoms with Crippen LogP contribution in [0.5, 0.6) is 0 Å². The van der Waals surface area contributed by atoms with Crippen LogP contribution >= 0.6 is 11.6 Å². The number of methoxy groups -OCH3 is 1. The molecule has 1 saturated heterocycles. The first-order chi connectivity index (χ1) is 9.59. The van der Waals surface area contributed by atoms with Gasteiger partial charge in [0.05, 0.1) is 23.9 Å². The molecule has 8 heteroatoms. The summed E-state index contributed by atoms with van der Waals surface area (Å²) >= 11 is 5.92. The van der Waals surface area contributed by atoms with Gasteiger partial charge in [0.15, 0.2) is 0 Å². The zero-order valence-corrected chi connectivity index (χ0v) is 13.4. The highest BCUT2D eigenvalue weighted by Crippen LogP contribution is 2.37. The van der Waals surface area contributed by atoms with Crippen LogP contribution in [0, 0.1) is 0 Å². The van der Waals surface area contributed by atoms with Crippen molar-refractivity contribution >= 4 is 36.0 Å². The lowest BCUT2D eigenvalue weighted by atomic mass is 9.78. The van der Waals surface area contributed by atoms with Gasteiger partial charge < -0.3 is 19.8 Å². The average Bonchev–Trinajstić information content (AvgIpc) is 2.57. The molecule has 0 saturated carbocycles. The first-order valence-corrected chi connectivity index (χ1v) is 6.87. The standard InChI is InChI=1S/C13H18BClN2O4/c1-12(2)13(3,4)21-14(20-12)8-6-7(11(18)19-5)9(15)17-10(8)16/h6H,1-5H3,(H2,16,17). The molecule has 6 nitrogen and oxygen atoms in total. The number of anilines is 1. The third-order valence-corrected chi connectivity index (χ3v) is 4.24. The molecule has 0 radical (unpaired) electrons. The lowest BCUT2D eigenvalue weighted by Crippen LogP contribution is -2.41. The zero-order valence-electron chi connectivity index (χ0n) is 12.7. The van der Waals surface area contributed by atoms with E-state index in [9.17, 15) is 4.79 Å². The number of nitrogens with zero attached hydrogens (tertiary/aromatic N) is 1. The van der Waals surface area contributed by atoms with Crippen molar-refractivity contribution in [2.45, 2.75) is 38.9 Å². The van der Waals surface area contributed by atoms with Gasteiger partial charge in [-0.1, -0.05) is 11.6 Å². The summed E-state index contributed by atoms with van der Waals surface area (Å²) in [5.74, 6) is -0.434. The Hall–Kier alpha value is -1.31. The van der Waals surface area contributed by atoms with E-state index in [4.69, 9.17) is 26.6 Å². The van der Waals surface area contributed by atoms with Gasteiger partial charge in [-0.15, -0.1) is 0 Å². The van der Waals surface area contributed by atoms with Crippen LogP contribution in [0.4, 0.5) is 5.82 Å². The second-order valence-electron chi connectivity index (χ2n) is 5.88. The molecule has 21 heavy (non-hydrogen) atoms. The molecule has 1 aromatic rings. The Labute approximate surface area is 129 Å². The number of nitrogens with two attached hydrogens (primary N) is 1. The summed E-state index contributed by atoms with van der Waals surface area (Å²) in [4.78, 5) is 15.7. The highest BCUT2D eigenvalue weighted by atomic mass is 35.5. The van der Waals surface area contributed by atoms with Crippen LogP contribution in [0.15, 0.2) is 6.07 Å². The Balaban J connectivity index is 2.44. The van der Waals surface area contributed by atoms with E-state index in [2.05, 4.69) is 9.72 Å². The first kappa shape index (κ1) is 16.1. The predicted molar refractivity (Wildman–Crippen MR) is 80.7 cm³/mol. The van der Waals surface area contributed by atoms with Crippen LogP contribution < -0.4 is 11.2 Å². The predicted octanol–water partition coefficient (Wildman–Crippen LogP) is 1.40. The molecule has 2 N–H and O–H groups in total. The summed E-state index contributed by atoms with van der Waals surface area (Å²) in [5, 5.41) is -0.0142. The summed E-state index contributed by atoms with van der Waals surface area (Å²) in [7, 11) is 0.548. The van der Waals surface area contributed by atoms with E-state index in [1.807, 2.05) is 27.7 Å². The van der Waals surface area contributed by atoms with Crippen LogP contribution in [0.25, 0.3) is 0 Å². The number of rotatable bonds is 2. The number of ether oxygens (including phenoxy) is 1. The fourth-order valence-corrected chi connectivity index (χ4v) is 2.15. The maximum absolute atomic E-state index is 11.7. The molecule has 0 atom stereocenters. The fraction of sp³-hybridized carbons (Fsp3) is 0.538. The van der Waals surface area contributed by atoms with E-state index in [1.54, 1.807) is 0 Å². The summed E-state index contributed by atoms with van der Waals surface area (Å²) in [6.07, 6.45) is 0. The van der Waals surface area contributed by atoms with E-state index in [0.29, 0.717) is 5.46 Å². The lowest BCUT2D eigenvalue weighted by molar-refractivity contribution is 0.00578. The van der Waals surface area contributed by atoms with E-state index in [1.165, 1.54) is 13.2 Å². The quantitative estimate of drug-likeness (QED) is 0.505. The first-order valence-electron chi connectivity index (χ1n) is 6.49. The monoisotopic (exact) mass is 312 g/mol. The molecule has 2 heterocycles. The van der Waals surface area contributed by atoms with Gasteiger partial charge in [-0.2, -0.15) is 0 Å². The lowest BCUT2D eigenvalue weighted by Gasteiger charge is -2.32. The van der Waals surface area contributed by atoms with Gasteiger partial charge in [0.25, 0.3) is 0 Å². The van der Waals surface area contributed by atoms with Gasteiger partial charge in [-0.25, -0.2) is 9.78 Å². The molecule has 1 aliphatic rings. The van der Waals surface area contributed by atoms with Gasteiger partial charge in [-0.3, -0.25) is 0 Å². The highest BCUT2D eigenvalue weighted by Gasteiger charge is 2.52. The molecule has 2 rings (SSSR count). The fourth-order valence-electron chi connectivity index (χ4n) is 1.93. The van der Waals surface area contributed by atoms with Gasteiger partial charge in [0.2, 0.25) is 0 Å². The van der Waals surface area contributed by atoms with Crippen LogP contribution in [-0.2, 0) is 14.0 Å². The van der Waals surface area contributed by atoms with Crippen molar-refractivity contribution in [3.63, 3.8) is 0 Å². The van der Waals surface area contributed by atoms with Crippen molar-refractivity contribution in [3.8, 4) is 0 Å². The van der Waals surface area contributed by atoms with E-state index in [-0.39, 0.29) is 16.5 Å². The molecule has 0 aliphatic carbocycles. The molecule has 0 unspecified atom stereocenters. The number of carbonyl (C=O) groups excluding carboxylic acids is 1. The Kier molecular flexibility index (Phi) is 3.95. The number of nitrogen functional groups attached to an aromatic ring is 1. The van der Waals surface area contributed by atoms with Crippen LogP contribution in [0.1, 0.15) is 38.1 Å². The molecule has 1 fully saturated rings. The Morgan fingerprint density at radius 1 is 1.33 bits per heavy atom. The summed E-state index contributed by atoms with van der Waals surface area (Å²) < 4.78 is 16.5. The Bertz CT molecular complexity index is 576. The SMILES string of the molecule is COC(=O)c1cc(B2OC(C)(C)C(C)(C)O2)c(N)nc1Cl. The third-order valence-electron chi connectivity index (χ3n) is 3.95. The van der Waals surface area contributed by atoms with Crippen LogP contribution in [0.3, 0.4) is 0 Å². The smallest absolute Gasteiger partial charge is 0.465 e. The Morgan fingerprint density at radius 3 is 2.33 bits per heavy atom. The number of halogens is 1. The van der Waals surface area contributed by atoms with Gasteiger partial charge >= 0.3 is 13.1 Å². The molecular formula is C13H18BClN2O4. The molecular weight excluding hydrogens is 294 g/mol. The minimum Gasteiger partial charge on any atom is -0.465 e. The highest BCUT2D eigenvalue weighted by molar-refractivity contribution is 6.64. The molecule has 1 aromatic heterocycles. The largest absolute Gasteiger partial charge is 0.498 e. The van der Waals surface area contributed by atoms with Crippen LogP contribution in [-0.4, -0.2) is 36.4 Å². The van der Waals surface area contributed by atoms with Crippen LogP contribution in [0.2, 0.25) is 5.15 Å². The number of aromatic nitrogens is 1. The third kappa shape index (κ3) is 2.73. The van der Waals surface area contributed by atoms with Crippen molar-refractivity contribution in [1.29, 1.82) is 0 Å². The minimum absolute atomic E-state index is 0.0142. The van der Waals surface area contributed by atoms with Gasteiger partial charge in [0.1, 0.15) is 11.0 Å². The number of hydrogen-bond acceptors (Lipinski definition) is 6. The summed E-state index contributed by atoms with van der Waals surface area (Å²) in [5.41, 5.74) is 5.42. The molecule has 0 amide bonds. The minimum atomic E-state index is -0.719. The second-order valence-corrected chi connectivity index (χ2v) is 6.24. The molecule has 0 aromatic carbocycles. The van der Waals surface area contributed by atoms with E-state index in [0.717, 1.165) is 0 Å².